The number of fused-ring (bicyclic) bond motifs is 3. The van der Waals surface area contributed by atoms with Crippen molar-refractivity contribution in [3.8, 4) is 17.1 Å². The minimum Gasteiger partial charge on any atom is -0.504 e. The van der Waals surface area contributed by atoms with Crippen molar-refractivity contribution < 1.29 is 27.9 Å². The molecule has 5 aromatic rings. The van der Waals surface area contributed by atoms with Gasteiger partial charge in [-0.25, -0.2) is 9.97 Å². The predicted molar refractivity (Wildman–Crippen MR) is 191 cm³/mol. The molecule has 2 N–H and O–H groups in total. The van der Waals surface area contributed by atoms with Crippen LogP contribution in [0.4, 0.5) is 18.9 Å². The van der Waals surface area contributed by atoms with Crippen LogP contribution >= 0.6 is 11.6 Å². The molecule has 1 aliphatic heterocycles. The SMILES string of the molecule is Cc1nc(C2CC2)ccc1-c1nc2n(CC(=O)Nc3ccc(C(F)(F)F)cc3Cl)c3c(c(=O)n2n1)C1(CCN(C(=O)c2ncnc(C)c2O)CC1)CC3C. The van der Waals surface area contributed by atoms with Gasteiger partial charge >= 0.3 is 6.18 Å². The van der Waals surface area contributed by atoms with Gasteiger partial charge in [0.25, 0.3) is 11.5 Å². The lowest BCUT2D eigenvalue weighted by Gasteiger charge is -2.39. The van der Waals surface area contributed by atoms with Gasteiger partial charge in [0.15, 0.2) is 17.3 Å². The van der Waals surface area contributed by atoms with Crippen LogP contribution in [-0.4, -0.2) is 69.0 Å². The van der Waals surface area contributed by atoms with E-state index in [0.29, 0.717) is 47.7 Å². The van der Waals surface area contributed by atoms with Crippen LogP contribution in [0.25, 0.3) is 17.2 Å². The molecule has 1 unspecified atom stereocenters. The molecule has 4 aromatic heterocycles. The summed E-state index contributed by atoms with van der Waals surface area (Å²) in [6.07, 6.45) is 0.164. The second-order valence-electron chi connectivity index (χ2n) is 14.5. The van der Waals surface area contributed by atoms with E-state index in [1.807, 2.05) is 26.0 Å². The van der Waals surface area contributed by atoms with E-state index in [0.717, 1.165) is 36.7 Å². The predicted octanol–water partition coefficient (Wildman–Crippen LogP) is 5.93. The van der Waals surface area contributed by atoms with Gasteiger partial charge in [-0.1, -0.05) is 18.5 Å². The smallest absolute Gasteiger partial charge is 0.416 e. The number of halogens is 4. The second-order valence-corrected chi connectivity index (χ2v) is 14.9. The van der Waals surface area contributed by atoms with Gasteiger partial charge in [0.05, 0.1) is 22.0 Å². The Balaban J connectivity index is 1.19. The lowest BCUT2D eigenvalue weighted by atomic mass is 9.73. The third-order valence-corrected chi connectivity index (χ3v) is 11.2. The summed E-state index contributed by atoms with van der Waals surface area (Å²) in [6.45, 7) is 5.60. The van der Waals surface area contributed by atoms with Gasteiger partial charge in [0.1, 0.15) is 12.9 Å². The first-order valence-electron chi connectivity index (χ1n) is 17.6. The standard InChI is InChI=1S/C37H35ClF3N9O4/c1-18-15-36(10-12-48(13-11-36)34(54)29-31(52)20(3)42-17-43-29)28-30(18)49(16-27(51)45-26-8-6-22(14-24(26)38)37(39,40)41)35-46-32(47-50(35)33(28)53)23-7-9-25(21-4-5-21)44-19(23)2/h6-9,14,17-18,21,52H,4-5,10-13,15-16H2,1-3H3,(H,45,51). The summed E-state index contributed by atoms with van der Waals surface area (Å²) in [7, 11) is 0. The number of hydrogen-bond acceptors (Lipinski definition) is 9. The van der Waals surface area contributed by atoms with Crippen LogP contribution in [0.2, 0.25) is 5.02 Å². The van der Waals surface area contributed by atoms with Gasteiger partial charge in [0.2, 0.25) is 11.7 Å². The van der Waals surface area contributed by atoms with Crippen LogP contribution in [0, 0.1) is 13.8 Å². The Morgan fingerprint density at radius 2 is 1.80 bits per heavy atom. The lowest BCUT2D eigenvalue weighted by molar-refractivity contribution is -0.137. The highest BCUT2D eigenvalue weighted by atomic mass is 35.5. The average molecular weight is 762 g/mol. The minimum atomic E-state index is -4.61. The normalized spacial score (nSPS) is 18.0. The average Bonchev–Trinajstić information content (AvgIpc) is 3.82. The molecule has 2 aliphatic carbocycles. The molecule has 13 nitrogen and oxygen atoms in total. The summed E-state index contributed by atoms with van der Waals surface area (Å²) < 4.78 is 42.7. The fourth-order valence-corrected chi connectivity index (χ4v) is 8.28. The summed E-state index contributed by atoms with van der Waals surface area (Å²) >= 11 is 6.18. The number of hydrogen-bond donors (Lipinski definition) is 2. The van der Waals surface area contributed by atoms with E-state index >= 15 is 0 Å². The van der Waals surface area contributed by atoms with Crippen molar-refractivity contribution in [2.24, 2.45) is 0 Å². The number of benzene rings is 1. The van der Waals surface area contributed by atoms with Crippen molar-refractivity contribution in [3.63, 3.8) is 0 Å². The quantitative estimate of drug-likeness (QED) is 0.214. The third-order valence-electron chi connectivity index (χ3n) is 10.9. The first-order chi connectivity index (χ1) is 25.6. The second kappa shape index (κ2) is 12.9. The molecular formula is C37H35ClF3N9O4. The number of aromatic nitrogens is 7. The molecule has 1 spiro atoms. The van der Waals surface area contributed by atoms with Gasteiger partial charge < -0.3 is 19.9 Å². The molecule has 0 radical (unpaired) electrons. The van der Waals surface area contributed by atoms with Crippen molar-refractivity contribution in [1.82, 2.24) is 39.0 Å². The molecule has 1 saturated carbocycles. The number of aromatic hydroxyl groups is 1. The van der Waals surface area contributed by atoms with Crippen molar-refractivity contribution in [1.29, 1.82) is 0 Å². The van der Waals surface area contributed by atoms with Crippen LogP contribution in [0.5, 0.6) is 5.75 Å². The Hall–Kier alpha value is -5.38. The summed E-state index contributed by atoms with van der Waals surface area (Å²) in [4.78, 5) is 60.9. The van der Waals surface area contributed by atoms with Gasteiger partial charge in [0, 0.05) is 52.6 Å². The molecule has 5 heterocycles. The zero-order chi connectivity index (χ0) is 38.3. The van der Waals surface area contributed by atoms with Crippen LogP contribution < -0.4 is 10.9 Å². The van der Waals surface area contributed by atoms with Gasteiger partial charge in [-0.3, -0.25) is 19.4 Å². The number of pyridine rings is 1. The summed E-state index contributed by atoms with van der Waals surface area (Å²) in [5, 5.41) is 17.5. The molecule has 17 heteroatoms. The maximum absolute atomic E-state index is 14.6. The molecule has 1 aromatic carbocycles. The highest BCUT2D eigenvalue weighted by Crippen LogP contribution is 2.50. The van der Waals surface area contributed by atoms with Crippen LogP contribution in [0.15, 0.2) is 41.5 Å². The number of amides is 2. The molecule has 54 heavy (non-hydrogen) atoms. The topological polar surface area (TPSA) is 160 Å². The minimum absolute atomic E-state index is 0.00513. The van der Waals surface area contributed by atoms with Crippen molar-refractivity contribution in [2.75, 3.05) is 18.4 Å². The van der Waals surface area contributed by atoms with E-state index in [-0.39, 0.29) is 70.6 Å². The molecular weight excluding hydrogens is 727 g/mol. The zero-order valence-corrected chi connectivity index (χ0v) is 30.3. The number of anilines is 1. The monoisotopic (exact) mass is 761 g/mol. The Morgan fingerprint density at radius 3 is 2.46 bits per heavy atom. The highest BCUT2D eigenvalue weighted by molar-refractivity contribution is 6.33. The first-order valence-corrected chi connectivity index (χ1v) is 18.0. The summed E-state index contributed by atoms with van der Waals surface area (Å²) in [5.41, 5.74) is 1.58. The number of nitrogens with one attached hydrogen (secondary N) is 1. The highest BCUT2D eigenvalue weighted by Gasteiger charge is 2.49. The summed E-state index contributed by atoms with van der Waals surface area (Å²) in [6, 6.07) is 6.51. The molecule has 1 saturated heterocycles. The Bertz CT molecular complexity index is 2430. The van der Waals surface area contributed by atoms with E-state index in [2.05, 4.69) is 20.4 Å². The van der Waals surface area contributed by atoms with Crippen molar-refractivity contribution in [3.05, 3.63) is 91.6 Å². The number of aryl methyl sites for hydroxylation is 2. The van der Waals surface area contributed by atoms with Crippen molar-refractivity contribution >= 4 is 34.9 Å². The molecule has 0 bridgehead atoms. The van der Waals surface area contributed by atoms with Gasteiger partial charge in [-0.15, -0.1) is 5.10 Å². The largest absolute Gasteiger partial charge is 0.504 e. The fraction of sp³-hybridized carbons (Fsp3) is 0.405. The Morgan fingerprint density at radius 1 is 1.06 bits per heavy atom. The van der Waals surface area contributed by atoms with E-state index in [1.165, 1.54) is 10.8 Å². The molecule has 280 valence electrons. The van der Waals surface area contributed by atoms with Gasteiger partial charge in [-0.2, -0.15) is 22.7 Å². The maximum atomic E-state index is 14.6. The van der Waals surface area contributed by atoms with Crippen LogP contribution in [-0.2, 0) is 22.9 Å². The molecule has 1 atom stereocenters. The molecule has 8 rings (SSSR count). The number of alkyl halides is 3. The number of likely N-dealkylation sites (tertiary alicyclic amines) is 1. The first kappa shape index (κ1) is 35.6. The maximum Gasteiger partial charge on any atom is 0.416 e. The van der Waals surface area contributed by atoms with E-state index in [1.54, 1.807) is 16.4 Å². The zero-order valence-electron chi connectivity index (χ0n) is 29.5. The number of piperidine rings is 1. The number of carbonyl (C=O) groups excluding carboxylic acids is 2. The van der Waals surface area contributed by atoms with E-state index in [4.69, 9.17) is 21.6 Å². The fourth-order valence-electron chi connectivity index (χ4n) is 8.05. The van der Waals surface area contributed by atoms with Crippen molar-refractivity contribution in [2.45, 2.75) is 82.8 Å². The van der Waals surface area contributed by atoms with Crippen LogP contribution in [0.1, 0.15) is 95.3 Å². The number of carbonyl (C=O) groups is 2. The molecule has 2 amide bonds. The Labute approximate surface area is 311 Å². The van der Waals surface area contributed by atoms with E-state index < -0.39 is 29.0 Å². The van der Waals surface area contributed by atoms with Crippen LogP contribution in [0.3, 0.4) is 0 Å². The number of rotatable bonds is 6. The third kappa shape index (κ3) is 6.05. The summed E-state index contributed by atoms with van der Waals surface area (Å²) in [5.74, 6) is -0.741. The lowest BCUT2D eigenvalue weighted by Crippen LogP contribution is -2.46. The molecule has 3 aliphatic rings. The van der Waals surface area contributed by atoms with E-state index in [9.17, 15) is 32.7 Å². The molecule has 2 fully saturated rings. The number of nitrogens with zero attached hydrogens (tertiary/aromatic N) is 8. The van der Waals surface area contributed by atoms with Gasteiger partial charge in [-0.05, 0) is 82.2 Å². The Kier molecular flexibility index (Phi) is 8.50.